The van der Waals surface area contributed by atoms with E-state index in [9.17, 15) is 0 Å². The van der Waals surface area contributed by atoms with Gasteiger partial charge >= 0.3 is 0 Å². The van der Waals surface area contributed by atoms with E-state index in [-0.39, 0.29) is 0 Å². The first kappa shape index (κ1) is 13.0. The van der Waals surface area contributed by atoms with E-state index in [1.54, 1.807) is 0 Å². The number of nitrogens with one attached hydrogen (secondary N) is 1. The largest absolute Gasteiger partial charge is 0.353 e. The maximum Gasteiger partial charge on any atom is 0.193 e. The lowest BCUT2D eigenvalue weighted by Crippen LogP contribution is -2.41. The predicted octanol–water partition coefficient (Wildman–Crippen LogP) is 1.83. The SMILES string of the molecule is CN=C(NC1CC1(C)C)N(C)Cc1cccn1C. The first-order valence-electron chi connectivity index (χ1n) is 6.48. The highest BCUT2D eigenvalue weighted by Gasteiger charge is 2.46. The second kappa shape index (κ2) is 4.67. The molecule has 0 bridgehead atoms. The highest BCUT2D eigenvalue weighted by Crippen LogP contribution is 2.44. The summed E-state index contributed by atoms with van der Waals surface area (Å²) in [4.78, 5) is 6.54. The molecular weight excluding hydrogens is 224 g/mol. The normalized spacial score (nSPS) is 21.8. The fourth-order valence-electron chi connectivity index (χ4n) is 2.19. The molecule has 1 aliphatic carbocycles. The van der Waals surface area contributed by atoms with E-state index in [4.69, 9.17) is 0 Å². The Morgan fingerprint density at radius 2 is 2.28 bits per heavy atom. The quantitative estimate of drug-likeness (QED) is 0.654. The Bertz CT molecular complexity index is 444. The molecule has 1 atom stereocenters. The molecule has 0 saturated heterocycles. The Hall–Kier alpha value is -1.45. The number of aromatic nitrogens is 1. The Labute approximate surface area is 110 Å². The zero-order valence-electron chi connectivity index (χ0n) is 12.1. The van der Waals surface area contributed by atoms with Crippen LogP contribution in [0.1, 0.15) is 26.0 Å². The molecule has 1 aromatic rings. The van der Waals surface area contributed by atoms with E-state index >= 15 is 0 Å². The molecule has 18 heavy (non-hydrogen) atoms. The number of aryl methyl sites for hydroxylation is 1. The molecule has 0 aromatic carbocycles. The third kappa shape index (κ3) is 2.68. The van der Waals surface area contributed by atoms with Crippen molar-refractivity contribution in [2.24, 2.45) is 17.5 Å². The molecule has 0 aliphatic heterocycles. The van der Waals surface area contributed by atoms with Gasteiger partial charge in [0.1, 0.15) is 0 Å². The molecule has 2 rings (SSSR count). The first-order chi connectivity index (χ1) is 8.44. The number of hydrogen-bond donors (Lipinski definition) is 1. The second-order valence-electron chi connectivity index (χ2n) is 5.90. The van der Waals surface area contributed by atoms with E-state index in [1.165, 1.54) is 12.1 Å². The third-order valence-corrected chi connectivity index (χ3v) is 3.84. The van der Waals surface area contributed by atoms with E-state index < -0.39 is 0 Å². The first-order valence-corrected chi connectivity index (χ1v) is 6.48. The maximum atomic E-state index is 4.37. The molecule has 4 heteroatoms. The van der Waals surface area contributed by atoms with Gasteiger partial charge in [0.25, 0.3) is 0 Å². The molecule has 1 aliphatic rings. The summed E-state index contributed by atoms with van der Waals surface area (Å²) < 4.78 is 2.14. The van der Waals surface area contributed by atoms with Gasteiger partial charge in [0.2, 0.25) is 0 Å². The molecule has 1 heterocycles. The smallest absolute Gasteiger partial charge is 0.193 e. The summed E-state index contributed by atoms with van der Waals surface area (Å²) in [7, 11) is 6.00. The lowest BCUT2D eigenvalue weighted by Gasteiger charge is -2.23. The Morgan fingerprint density at radius 3 is 2.72 bits per heavy atom. The number of rotatable bonds is 3. The Morgan fingerprint density at radius 1 is 1.61 bits per heavy atom. The van der Waals surface area contributed by atoms with Crippen molar-refractivity contribution in [1.29, 1.82) is 0 Å². The van der Waals surface area contributed by atoms with Crippen LogP contribution in [0.3, 0.4) is 0 Å². The minimum atomic E-state index is 0.418. The topological polar surface area (TPSA) is 32.6 Å². The van der Waals surface area contributed by atoms with Gasteiger partial charge < -0.3 is 14.8 Å². The zero-order chi connectivity index (χ0) is 13.3. The van der Waals surface area contributed by atoms with Crippen LogP contribution in [0.5, 0.6) is 0 Å². The predicted molar refractivity (Wildman–Crippen MR) is 75.6 cm³/mol. The summed E-state index contributed by atoms with van der Waals surface area (Å²) in [5, 5.41) is 3.53. The van der Waals surface area contributed by atoms with E-state index in [0.29, 0.717) is 11.5 Å². The van der Waals surface area contributed by atoms with Crippen LogP contribution in [0.25, 0.3) is 0 Å². The summed E-state index contributed by atoms with van der Waals surface area (Å²) in [6.45, 7) is 5.45. The average Bonchev–Trinajstić information content (AvgIpc) is 2.69. The van der Waals surface area contributed by atoms with Crippen LogP contribution in [0.2, 0.25) is 0 Å². The van der Waals surface area contributed by atoms with Crippen molar-refractivity contribution in [3.8, 4) is 0 Å². The highest BCUT2D eigenvalue weighted by atomic mass is 15.3. The van der Waals surface area contributed by atoms with Gasteiger partial charge in [-0.3, -0.25) is 4.99 Å². The molecular formula is C14H24N4. The number of guanidine groups is 1. The molecule has 100 valence electrons. The van der Waals surface area contributed by atoms with Crippen LogP contribution in [0.4, 0.5) is 0 Å². The highest BCUT2D eigenvalue weighted by molar-refractivity contribution is 5.80. The van der Waals surface area contributed by atoms with Crippen LogP contribution in [0.15, 0.2) is 23.3 Å². The van der Waals surface area contributed by atoms with Gasteiger partial charge in [0, 0.05) is 39.1 Å². The molecule has 0 spiro atoms. The van der Waals surface area contributed by atoms with Gasteiger partial charge in [0.15, 0.2) is 5.96 Å². The molecule has 1 unspecified atom stereocenters. The minimum absolute atomic E-state index is 0.418. The van der Waals surface area contributed by atoms with E-state index in [2.05, 4.69) is 66.0 Å². The zero-order valence-corrected chi connectivity index (χ0v) is 12.1. The van der Waals surface area contributed by atoms with Gasteiger partial charge in [0.05, 0.1) is 6.54 Å². The van der Waals surface area contributed by atoms with Crippen molar-refractivity contribution in [3.05, 3.63) is 24.0 Å². The second-order valence-corrected chi connectivity index (χ2v) is 5.90. The van der Waals surface area contributed by atoms with Crippen molar-refractivity contribution < 1.29 is 0 Å². The summed E-state index contributed by atoms with van der Waals surface area (Å²) in [6, 6.07) is 4.78. The van der Waals surface area contributed by atoms with Gasteiger partial charge in [-0.1, -0.05) is 13.8 Å². The fraction of sp³-hybridized carbons (Fsp3) is 0.643. The summed E-state index contributed by atoms with van der Waals surface area (Å²) in [5.74, 6) is 0.978. The number of nitrogens with zero attached hydrogens (tertiary/aromatic N) is 3. The van der Waals surface area contributed by atoms with Crippen LogP contribution < -0.4 is 5.32 Å². The monoisotopic (exact) mass is 248 g/mol. The molecule has 1 N–H and O–H groups in total. The van der Waals surface area contributed by atoms with E-state index in [0.717, 1.165) is 12.5 Å². The third-order valence-electron chi connectivity index (χ3n) is 3.84. The summed E-state index contributed by atoms with van der Waals surface area (Å²) in [6.07, 6.45) is 3.30. The number of aliphatic imine (C=N–C) groups is 1. The number of hydrogen-bond acceptors (Lipinski definition) is 1. The van der Waals surface area contributed by atoms with Crippen LogP contribution in [-0.4, -0.2) is 35.6 Å². The molecule has 0 amide bonds. The lowest BCUT2D eigenvalue weighted by molar-refractivity contribution is 0.454. The molecule has 1 fully saturated rings. The van der Waals surface area contributed by atoms with Gasteiger partial charge in [-0.15, -0.1) is 0 Å². The van der Waals surface area contributed by atoms with Crippen molar-refractivity contribution in [2.45, 2.75) is 32.9 Å². The Kier molecular flexibility index (Phi) is 3.37. The molecule has 1 aromatic heterocycles. The standard InChI is InChI=1S/C14H24N4/c1-14(2)9-12(14)16-13(15-3)18(5)10-11-7-6-8-17(11)4/h6-8,12H,9-10H2,1-5H3,(H,15,16). The fourth-order valence-corrected chi connectivity index (χ4v) is 2.19. The van der Waals surface area contributed by atoms with Crippen molar-refractivity contribution >= 4 is 5.96 Å². The molecule has 0 radical (unpaired) electrons. The summed E-state index contributed by atoms with van der Waals surface area (Å²) >= 11 is 0. The summed E-state index contributed by atoms with van der Waals surface area (Å²) in [5.41, 5.74) is 1.71. The van der Waals surface area contributed by atoms with Gasteiger partial charge in [-0.05, 0) is 24.0 Å². The van der Waals surface area contributed by atoms with Crippen molar-refractivity contribution in [1.82, 2.24) is 14.8 Å². The van der Waals surface area contributed by atoms with Crippen molar-refractivity contribution in [2.75, 3.05) is 14.1 Å². The Balaban J connectivity index is 1.94. The maximum absolute atomic E-state index is 4.37. The average molecular weight is 248 g/mol. The van der Waals surface area contributed by atoms with Crippen molar-refractivity contribution in [3.63, 3.8) is 0 Å². The molecule has 1 saturated carbocycles. The van der Waals surface area contributed by atoms with Gasteiger partial charge in [-0.2, -0.15) is 0 Å². The minimum Gasteiger partial charge on any atom is -0.353 e. The van der Waals surface area contributed by atoms with E-state index in [1.807, 2.05) is 7.05 Å². The van der Waals surface area contributed by atoms with Crippen LogP contribution in [-0.2, 0) is 13.6 Å². The van der Waals surface area contributed by atoms with Gasteiger partial charge in [-0.25, -0.2) is 0 Å². The lowest BCUT2D eigenvalue weighted by atomic mass is 10.2. The van der Waals surface area contributed by atoms with Crippen LogP contribution >= 0.6 is 0 Å². The molecule has 4 nitrogen and oxygen atoms in total. The van der Waals surface area contributed by atoms with Crippen LogP contribution in [0, 0.1) is 5.41 Å².